The molecule has 214 valence electrons. The molecule has 41 heavy (non-hydrogen) atoms. The number of rotatable bonds is 9. The van der Waals surface area contributed by atoms with E-state index in [0.29, 0.717) is 40.8 Å². The van der Waals surface area contributed by atoms with Gasteiger partial charge in [0.2, 0.25) is 0 Å². The van der Waals surface area contributed by atoms with Gasteiger partial charge in [0.25, 0.3) is 0 Å². The highest BCUT2D eigenvalue weighted by atomic mass is 35.5. The van der Waals surface area contributed by atoms with Crippen molar-refractivity contribution in [1.82, 2.24) is 14.5 Å². The molecule has 2 heterocycles. The molecule has 0 saturated heterocycles. The molecule has 0 atom stereocenters. The highest BCUT2D eigenvalue weighted by Gasteiger charge is 2.22. The van der Waals surface area contributed by atoms with Crippen LogP contribution < -0.4 is 9.47 Å². The number of fused-ring (bicyclic) bond motifs is 1. The van der Waals surface area contributed by atoms with Gasteiger partial charge in [0.15, 0.2) is 5.75 Å². The molecule has 0 unspecified atom stereocenters. The first-order valence-electron chi connectivity index (χ1n) is 12.8. The lowest BCUT2D eigenvalue weighted by Gasteiger charge is -2.26. The summed E-state index contributed by atoms with van der Waals surface area (Å²) in [7, 11) is 2.99. The number of carbonyl (C=O) groups is 1. The molecule has 3 aromatic carbocycles. The number of carbonyl (C=O) groups excluding carboxylic acids is 1. The van der Waals surface area contributed by atoms with E-state index in [1.54, 1.807) is 29.8 Å². The van der Waals surface area contributed by atoms with Crippen LogP contribution in [-0.2, 0) is 24.9 Å². The van der Waals surface area contributed by atoms with E-state index < -0.39 is 18.4 Å². The van der Waals surface area contributed by atoms with Crippen molar-refractivity contribution < 1.29 is 32.2 Å². The molecule has 0 spiro atoms. The monoisotopic (exact) mass is 585 g/mol. The first-order chi connectivity index (χ1) is 19.7. The van der Waals surface area contributed by atoms with E-state index in [-0.39, 0.29) is 23.4 Å². The van der Waals surface area contributed by atoms with Crippen molar-refractivity contribution in [2.45, 2.75) is 26.2 Å². The van der Waals surface area contributed by atoms with Gasteiger partial charge in [-0.05, 0) is 54.0 Å². The lowest BCUT2D eigenvalue weighted by Crippen LogP contribution is -2.29. The lowest BCUT2D eigenvalue weighted by atomic mass is 9.99. The number of methoxy groups -OCH3 is 1. The highest BCUT2D eigenvalue weighted by Crippen LogP contribution is 2.31. The van der Waals surface area contributed by atoms with Crippen LogP contribution in [0.4, 0.5) is 13.2 Å². The predicted molar refractivity (Wildman–Crippen MR) is 149 cm³/mol. The molecular formula is C30H27ClF3N3O4. The summed E-state index contributed by atoms with van der Waals surface area (Å²) in [6, 6.07) is 14.9. The molecule has 1 aliphatic rings. The van der Waals surface area contributed by atoms with Crippen molar-refractivity contribution in [3.8, 4) is 11.5 Å². The first kappa shape index (κ1) is 28.5. The molecule has 0 N–H and O–H groups in total. The smallest absolute Gasteiger partial charge is 0.387 e. The van der Waals surface area contributed by atoms with Crippen molar-refractivity contribution in [3.05, 3.63) is 94.0 Å². The third-order valence-electron chi connectivity index (χ3n) is 6.95. The van der Waals surface area contributed by atoms with Gasteiger partial charge in [0.05, 0.1) is 24.7 Å². The zero-order chi connectivity index (χ0) is 29.1. The molecule has 0 aliphatic carbocycles. The van der Waals surface area contributed by atoms with Gasteiger partial charge in [-0.15, -0.1) is 0 Å². The number of esters is 1. The number of alkyl halides is 2. The second-order valence-electron chi connectivity index (χ2n) is 9.57. The molecule has 11 heteroatoms. The van der Waals surface area contributed by atoms with Crippen LogP contribution in [-0.4, -0.2) is 47.2 Å². The molecule has 1 aromatic heterocycles. The normalized spacial score (nSPS) is 13.9. The quantitative estimate of drug-likeness (QED) is 0.206. The number of aromatic nitrogens is 2. The van der Waals surface area contributed by atoms with Gasteiger partial charge >= 0.3 is 12.6 Å². The Kier molecular flexibility index (Phi) is 8.51. The van der Waals surface area contributed by atoms with E-state index in [2.05, 4.69) is 20.7 Å². The van der Waals surface area contributed by atoms with Gasteiger partial charge in [0, 0.05) is 30.7 Å². The number of nitrogens with zero attached hydrogens (tertiary/aromatic N) is 3. The van der Waals surface area contributed by atoms with Gasteiger partial charge in [0.1, 0.15) is 29.5 Å². The minimum absolute atomic E-state index is 0.0858. The Morgan fingerprint density at radius 1 is 1.15 bits per heavy atom. The van der Waals surface area contributed by atoms with Crippen LogP contribution in [0, 0.1) is 5.82 Å². The number of aryl methyl sites for hydroxylation is 1. The number of benzene rings is 3. The molecule has 1 aliphatic heterocycles. The summed E-state index contributed by atoms with van der Waals surface area (Å²) in [6.45, 7) is -1.13. The van der Waals surface area contributed by atoms with E-state index >= 15 is 0 Å². The van der Waals surface area contributed by atoms with Crippen molar-refractivity contribution in [2.24, 2.45) is 7.05 Å². The van der Waals surface area contributed by atoms with Crippen LogP contribution in [0.2, 0.25) is 5.02 Å². The fourth-order valence-electron chi connectivity index (χ4n) is 4.77. The minimum atomic E-state index is -3.07. The van der Waals surface area contributed by atoms with Crippen molar-refractivity contribution in [3.63, 3.8) is 0 Å². The van der Waals surface area contributed by atoms with Crippen molar-refractivity contribution in [1.29, 1.82) is 0 Å². The second kappa shape index (κ2) is 12.2. The number of ether oxygens (including phenoxy) is 3. The topological polar surface area (TPSA) is 65.8 Å². The SMILES string of the molecule is COC(=O)c1cc(OC(F)F)c2nc(CN3CC=C(c4cccc(OCc5ccc(Cl)cc5F)c4)CC3)n(C)c2c1. The summed E-state index contributed by atoms with van der Waals surface area (Å²) in [6.07, 6.45) is 2.90. The molecule has 5 rings (SSSR count). The minimum Gasteiger partial charge on any atom is -0.489 e. The summed E-state index contributed by atoms with van der Waals surface area (Å²) in [4.78, 5) is 18.8. The van der Waals surface area contributed by atoms with E-state index in [1.807, 2.05) is 24.3 Å². The number of imidazole rings is 1. The van der Waals surface area contributed by atoms with E-state index in [0.717, 1.165) is 24.1 Å². The Morgan fingerprint density at radius 3 is 2.68 bits per heavy atom. The molecule has 0 fully saturated rings. The molecule has 0 bridgehead atoms. The van der Waals surface area contributed by atoms with Crippen molar-refractivity contribution in [2.75, 3.05) is 20.2 Å². The maximum Gasteiger partial charge on any atom is 0.387 e. The standard InChI is InChI=1S/C30H27ClF3N3O4/c1-36-25-13-21(29(38)39-2)14-26(41-30(33)34)28(25)35-27(36)16-37-10-8-18(9-11-37)19-4-3-5-23(12-19)40-17-20-6-7-22(31)15-24(20)32/h3-8,12-15,30H,9-11,16-17H2,1-2H3. The molecule has 0 radical (unpaired) electrons. The van der Waals surface area contributed by atoms with Gasteiger partial charge < -0.3 is 18.8 Å². The maximum atomic E-state index is 14.1. The van der Waals surface area contributed by atoms with Crippen LogP contribution in [0.25, 0.3) is 16.6 Å². The van der Waals surface area contributed by atoms with E-state index in [1.165, 1.54) is 19.2 Å². The lowest BCUT2D eigenvalue weighted by molar-refractivity contribution is -0.0489. The van der Waals surface area contributed by atoms with Crippen molar-refractivity contribution >= 4 is 34.2 Å². The Balaban J connectivity index is 1.29. The zero-order valence-corrected chi connectivity index (χ0v) is 23.1. The van der Waals surface area contributed by atoms with Crippen LogP contribution in [0.5, 0.6) is 11.5 Å². The number of hydrogen-bond acceptors (Lipinski definition) is 6. The maximum absolute atomic E-state index is 14.1. The fourth-order valence-corrected chi connectivity index (χ4v) is 4.93. The van der Waals surface area contributed by atoms with Crippen LogP contribution in [0.15, 0.2) is 60.7 Å². The summed E-state index contributed by atoms with van der Waals surface area (Å²) in [5.41, 5.74) is 3.43. The predicted octanol–water partition coefficient (Wildman–Crippen LogP) is 6.62. The Labute approximate surface area is 239 Å². The average molecular weight is 586 g/mol. The van der Waals surface area contributed by atoms with E-state index in [4.69, 9.17) is 21.1 Å². The Bertz CT molecular complexity index is 1620. The molecule has 4 aromatic rings. The molecule has 7 nitrogen and oxygen atoms in total. The molecule has 0 amide bonds. The summed E-state index contributed by atoms with van der Waals surface area (Å²) >= 11 is 5.83. The zero-order valence-electron chi connectivity index (χ0n) is 22.4. The van der Waals surface area contributed by atoms with Gasteiger partial charge in [-0.25, -0.2) is 14.2 Å². The van der Waals surface area contributed by atoms with Crippen LogP contribution in [0.1, 0.15) is 33.7 Å². The molecule has 0 saturated carbocycles. The number of halogens is 4. The van der Waals surface area contributed by atoms with Crippen LogP contribution >= 0.6 is 11.6 Å². The fraction of sp³-hybridized carbons (Fsp3) is 0.267. The molecular weight excluding hydrogens is 559 g/mol. The van der Waals surface area contributed by atoms with Crippen LogP contribution in [0.3, 0.4) is 0 Å². The van der Waals surface area contributed by atoms with Gasteiger partial charge in [-0.1, -0.05) is 35.9 Å². The second-order valence-corrected chi connectivity index (χ2v) is 10.0. The third kappa shape index (κ3) is 6.49. The Hall–Kier alpha value is -4.02. The highest BCUT2D eigenvalue weighted by molar-refractivity contribution is 6.30. The first-order valence-corrected chi connectivity index (χ1v) is 13.2. The summed E-state index contributed by atoms with van der Waals surface area (Å²) in [5.74, 6) is 0.0254. The summed E-state index contributed by atoms with van der Waals surface area (Å²) in [5, 5.41) is 0.334. The third-order valence-corrected chi connectivity index (χ3v) is 7.19. The largest absolute Gasteiger partial charge is 0.489 e. The Morgan fingerprint density at radius 2 is 1.98 bits per heavy atom. The average Bonchev–Trinajstić information content (AvgIpc) is 3.27. The van der Waals surface area contributed by atoms with E-state index in [9.17, 15) is 18.0 Å². The van der Waals surface area contributed by atoms with Gasteiger partial charge in [-0.3, -0.25) is 4.90 Å². The number of hydrogen-bond donors (Lipinski definition) is 0. The summed E-state index contributed by atoms with van der Waals surface area (Å²) < 4.78 is 57.3. The van der Waals surface area contributed by atoms with Gasteiger partial charge in [-0.2, -0.15) is 8.78 Å².